The van der Waals surface area contributed by atoms with Crippen LogP contribution in [0.4, 0.5) is 0 Å². The van der Waals surface area contributed by atoms with Gasteiger partial charge < -0.3 is 9.84 Å². The maximum absolute atomic E-state index is 12.0. The van der Waals surface area contributed by atoms with Crippen LogP contribution in [0.15, 0.2) is 47.4 Å². The topological polar surface area (TPSA) is 83.8 Å². The highest BCUT2D eigenvalue weighted by atomic mass is 32.2. The summed E-state index contributed by atoms with van der Waals surface area (Å²) in [6.45, 7) is 2.18. The van der Waals surface area contributed by atoms with E-state index in [-0.39, 0.29) is 16.4 Å². The molecule has 0 aliphatic carbocycles. The minimum Gasteiger partial charge on any atom is -0.508 e. The zero-order valence-corrected chi connectivity index (χ0v) is 16.5. The first kappa shape index (κ1) is 21.3. The van der Waals surface area contributed by atoms with Crippen molar-refractivity contribution in [2.75, 3.05) is 0 Å². The Kier molecular flexibility index (Phi) is 8.13. The smallest absolute Gasteiger partial charge is 0.298 e. The highest BCUT2D eigenvalue weighted by molar-refractivity contribution is 7.86. The maximum atomic E-state index is 12.0. The fourth-order valence-corrected chi connectivity index (χ4v) is 3.94. The van der Waals surface area contributed by atoms with Crippen molar-refractivity contribution in [3.05, 3.63) is 48.0 Å². The van der Waals surface area contributed by atoms with Gasteiger partial charge in [-0.2, -0.15) is 8.42 Å². The average molecular weight is 393 g/mol. The number of unbranched alkanes of at least 4 members (excludes halogenated alkanes) is 6. The molecule has 0 aliphatic rings. The van der Waals surface area contributed by atoms with Gasteiger partial charge in [-0.25, -0.2) is 0 Å². The fraction of sp³-hybridized carbons (Fsp3) is 0.429. The minimum absolute atomic E-state index is 0.0140. The molecule has 2 rings (SSSR count). The monoisotopic (exact) mass is 392 g/mol. The fourth-order valence-electron chi connectivity index (χ4n) is 3.08. The molecule has 0 saturated heterocycles. The van der Waals surface area contributed by atoms with Gasteiger partial charge in [0.2, 0.25) is 0 Å². The summed E-state index contributed by atoms with van der Waals surface area (Å²) in [4.78, 5) is -0.195. The highest BCUT2D eigenvalue weighted by Gasteiger charge is 2.22. The van der Waals surface area contributed by atoms with Crippen LogP contribution in [0.1, 0.15) is 57.4 Å². The molecule has 0 bridgehead atoms. The summed E-state index contributed by atoms with van der Waals surface area (Å²) >= 11 is 0. The van der Waals surface area contributed by atoms with Gasteiger partial charge in [0, 0.05) is 6.07 Å². The molecule has 0 radical (unpaired) electrons. The Bertz CT molecular complexity index is 830. The number of aromatic hydroxyl groups is 1. The second kappa shape index (κ2) is 10.3. The second-order valence-corrected chi connectivity index (χ2v) is 8.05. The third-order valence-corrected chi connectivity index (χ3v) is 5.39. The van der Waals surface area contributed by atoms with E-state index >= 15 is 0 Å². The average Bonchev–Trinajstić information content (AvgIpc) is 2.60. The Morgan fingerprint density at radius 3 is 2.26 bits per heavy atom. The van der Waals surface area contributed by atoms with E-state index in [1.165, 1.54) is 43.9 Å². The summed E-state index contributed by atoms with van der Waals surface area (Å²) in [5.74, 6) is 0.372. The van der Waals surface area contributed by atoms with E-state index in [1.807, 2.05) is 0 Å². The largest absolute Gasteiger partial charge is 0.508 e. The molecular formula is C21H28O5S. The molecule has 0 atom stereocenters. The molecule has 6 heteroatoms. The maximum Gasteiger partial charge on any atom is 0.298 e. The number of hydrogen-bond donors (Lipinski definition) is 2. The van der Waals surface area contributed by atoms with E-state index in [0.717, 1.165) is 19.3 Å². The summed E-state index contributed by atoms with van der Waals surface area (Å²) < 4.78 is 39.3. The minimum atomic E-state index is -4.44. The lowest BCUT2D eigenvalue weighted by Crippen LogP contribution is -2.06. The van der Waals surface area contributed by atoms with E-state index in [2.05, 4.69) is 6.92 Å². The number of benzene rings is 2. The van der Waals surface area contributed by atoms with Crippen LogP contribution in [0.5, 0.6) is 17.2 Å². The molecule has 0 aromatic heterocycles. The van der Waals surface area contributed by atoms with Crippen molar-refractivity contribution < 1.29 is 22.8 Å². The Balaban J connectivity index is 2.11. The van der Waals surface area contributed by atoms with Gasteiger partial charge in [-0.05, 0) is 36.6 Å². The van der Waals surface area contributed by atoms with Crippen molar-refractivity contribution in [1.82, 2.24) is 0 Å². The van der Waals surface area contributed by atoms with Gasteiger partial charge in [-0.15, -0.1) is 0 Å². The van der Waals surface area contributed by atoms with E-state index < -0.39 is 10.1 Å². The van der Waals surface area contributed by atoms with E-state index in [9.17, 15) is 18.1 Å². The lowest BCUT2D eigenvalue weighted by Gasteiger charge is -2.13. The van der Waals surface area contributed by atoms with Crippen molar-refractivity contribution in [1.29, 1.82) is 0 Å². The molecule has 0 heterocycles. The van der Waals surface area contributed by atoms with Crippen molar-refractivity contribution in [3.63, 3.8) is 0 Å². The summed E-state index contributed by atoms with van der Waals surface area (Å²) in [6.07, 6.45) is 8.45. The van der Waals surface area contributed by atoms with Crippen LogP contribution in [0.25, 0.3) is 0 Å². The SMILES string of the molecule is CCCCCCCCCc1cccc(Oc2cccc(O)c2)c1S(=O)(=O)O. The second-order valence-electron chi connectivity index (χ2n) is 6.69. The third-order valence-electron chi connectivity index (χ3n) is 4.41. The van der Waals surface area contributed by atoms with Gasteiger partial charge in [0.15, 0.2) is 0 Å². The van der Waals surface area contributed by atoms with Gasteiger partial charge in [0.25, 0.3) is 10.1 Å². The van der Waals surface area contributed by atoms with Gasteiger partial charge in [-0.3, -0.25) is 4.55 Å². The van der Waals surface area contributed by atoms with Crippen molar-refractivity contribution >= 4 is 10.1 Å². The third kappa shape index (κ3) is 6.88. The lowest BCUT2D eigenvalue weighted by atomic mass is 10.0. The normalized spacial score (nSPS) is 11.5. The summed E-state index contributed by atoms with van der Waals surface area (Å²) in [7, 11) is -4.44. The number of ether oxygens (including phenoxy) is 1. The Hall–Kier alpha value is -2.05. The van der Waals surface area contributed by atoms with E-state index in [0.29, 0.717) is 17.7 Å². The van der Waals surface area contributed by atoms with Gasteiger partial charge in [0.1, 0.15) is 22.1 Å². The van der Waals surface area contributed by atoms with Crippen molar-refractivity contribution in [2.24, 2.45) is 0 Å². The highest BCUT2D eigenvalue weighted by Crippen LogP contribution is 2.33. The van der Waals surface area contributed by atoms with E-state index in [1.54, 1.807) is 24.3 Å². The summed E-state index contributed by atoms with van der Waals surface area (Å²) in [6, 6.07) is 11.0. The molecule has 0 fully saturated rings. The molecule has 2 N–H and O–H groups in total. The summed E-state index contributed by atoms with van der Waals surface area (Å²) in [5, 5.41) is 9.55. The molecule has 0 saturated carbocycles. The predicted octanol–water partition coefficient (Wildman–Crippen LogP) is 5.72. The Morgan fingerprint density at radius 2 is 1.59 bits per heavy atom. The molecule has 5 nitrogen and oxygen atoms in total. The molecule has 2 aromatic carbocycles. The van der Waals surface area contributed by atoms with Crippen LogP contribution in [0, 0.1) is 0 Å². The standard InChI is InChI=1S/C21H28O5S/c1-2-3-4-5-6-7-8-11-17-12-9-15-20(21(17)27(23,24)25)26-19-14-10-13-18(22)16-19/h9-10,12-16,22H,2-8,11H2,1H3,(H,23,24,25). The lowest BCUT2D eigenvalue weighted by molar-refractivity contribution is 0.438. The molecule has 2 aromatic rings. The van der Waals surface area contributed by atoms with Crippen LogP contribution >= 0.6 is 0 Å². The first-order valence-corrected chi connectivity index (χ1v) is 10.9. The molecule has 0 amide bonds. The van der Waals surface area contributed by atoms with Gasteiger partial charge >= 0.3 is 0 Å². The molecule has 27 heavy (non-hydrogen) atoms. The number of phenolic OH excluding ortho intramolecular Hbond substituents is 1. The van der Waals surface area contributed by atoms with Crippen LogP contribution in [-0.4, -0.2) is 18.1 Å². The Morgan fingerprint density at radius 1 is 0.926 bits per heavy atom. The zero-order chi connectivity index (χ0) is 19.7. The number of aryl methyl sites for hydroxylation is 1. The van der Waals surface area contributed by atoms with Crippen LogP contribution in [0.2, 0.25) is 0 Å². The summed E-state index contributed by atoms with van der Waals surface area (Å²) in [5.41, 5.74) is 0.545. The zero-order valence-electron chi connectivity index (χ0n) is 15.7. The van der Waals surface area contributed by atoms with Crippen LogP contribution in [0.3, 0.4) is 0 Å². The van der Waals surface area contributed by atoms with Gasteiger partial charge in [0.05, 0.1) is 0 Å². The van der Waals surface area contributed by atoms with Crippen LogP contribution in [-0.2, 0) is 16.5 Å². The number of hydrogen-bond acceptors (Lipinski definition) is 4. The molecule has 0 aliphatic heterocycles. The number of rotatable bonds is 11. The molecule has 0 unspecified atom stereocenters. The van der Waals surface area contributed by atoms with Crippen LogP contribution < -0.4 is 4.74 Å². The first-order valence-electron chi connectivity index (χ1n) is 9.48. The Labute approximate surface area is 161 Å². The van der Waals surface area contributed by atoms with Crippen molar-refractivity contribution in [2.45, 2.75) is 63.2 Å². The number of phenols is 1. The first-order chi connectivity index (χ1) is 12.9. The van der Waals surface area contributed by atoms with Gasteiger partial charge in [-0.1, -0.05) is 63.6 Å². The molecule has 0 spiro atoms. The molecule has 148 valence electrons. The molecular weight excluding hydrogens is 364 g/mol. The quantitative estimate of drug-likeness (QED) is 0.377. The van der Waals surface area contributed by atoms with Crippen molar-refractivity contribution in [3.8, 4) is 17.2 Å². The van der Waals surface area contributed by atoms with E-state index in [4.69, 9.17) is 4.74 Å². The predicted molar refractivity (Wildman–Crippen MR) is 106 cm³/mol.